The number of fused-ring (bicyclic) bond motifs is 1. The zero-order valence-corrected chi connectivity index (χ0v) is 17.2. The normalized spacial score (nSPS) is 11.0. The summed E-state index contributed by atoms with van der Waals surface area (Å²) in [7, 11) is 0. The second-order valence-electron chi connectivity index (χ2n) is 7.20. The fourth-order valence-corrected chi connectivity index (χ4v) is 3.39. The van der Waals surface area contributed by atoms with E-state index in [0.717, 1.165) is 22.5 Å². The van der Waals surface area contributed by atoms with E-state index in [2.05, 4.69) is 32.5 Å². The molecule has 1 aromatic heterocycles. The zero-order valence-electron chi connectivity index (χ0n) is 17.2. The molecule has 4 aromatic rings. The average Bonchev–Trinajstić information content (AvgIpc) is 3.15. The van der Waals surface area contributed by atoms with Crippen molar-refractivity contribution < 1.29 is 14.0 Å². The number of hydrogen-bond donors (Lipinski definition) is 2. The van der Waals surface area contributed by atoms with Gasteiger partial charge < -0.3 is 9.88 Å². The number of nitrogens with one attached hydrogen (secondary N) is 2. The molecule has 0 atom stereocenters. The minimum Gasteiger partial charge on any atom is -0.343 e. The smallest absolute Gasteiger partial charge is 0.259 e. The Bertz CT molecular complexity index is 1280. The van der Waals surface area contributed by atoms with E-state index in [1.807, 2.05) is 48.7 Å². The van der Waals surface area contributed by atoms with Gasteiger partial charge in [-0.3, -0.25) is 9.59 Å². The number of hydrazone groups is 1. The van der Waals surface area contributed by atoms with E-state index in [-0.39, 0.29) is 12.1 Å². The SMILES string of the molecule is O=C(CNC(=O)c1cccc(F)c1)N/N=C/c1cn(Cc2ccccc2)c2ccccc12. The molecule has 0 aliphatic carbocycles. The number of benzene rings is 3. The van der Waals surface area contributed by atoms with Gasteiger partial charge in [0.05, 0.1) is 12.8 Å². The first-order chi connectivity index (χ1) is 15.6. The molecule has 0 bridgehead atoms. The van der Waals surface area contributed by atoms with Gasteiger partial charge in [-0.05, 0) is 29.8 Å². The standard InChI is InChI=1S/C25H21FN4O2/c26-21-10-6-9-19(13-21)25(32)27-15-24(31)29-28-14-20-17-30(16-18-7-2-1-3-8-18)23-12-5-4-11-22(20)23/h1-14,17H,15-16H2,(H,27,32)(H,29,31)/b28-14+. The molecule has 0 aliphatic rings. The van der Waals surface area contributed by atoms with Crippen molar-refractivity contribution in [3.05, 3.63) is 108 Å². The number of carbonyl (C=O) groups is 2. The first-order valence-corrected chi connectivity index (χ1v) is 10.1. The summed E-state index contributed by atoms with van der Waals surface area (Å²) >= 11 is 0. The topological polar surface area (TPSA) is 75.5 Å². The zero-order chi connectivity index (χ0) is 22.3. The van der Waals surface area contributed by atoms with E-state index in [1.165, 1.54) is 23.8 Å². The highest BCUT2D eigenvalue weighted by Gasteiger charge is 2.09. The van der Waals surface area contributed by atoms with Crippen LogP contribution < -0.4 is 10.7 Å². The molecule has 0 saturated heterocycles. The van der Waals surface area contributed by atoms with Crippen molar-refractivity contribution in [1.82, 2.24) is 15.3 Å². The van der Waals surface area contributed by atoms with Crippen LogP contribution in [0.4, 0.5) is 4.39 Å². The fourth-order valence-electron chi connectivity index (χ4n) is 3.39. The molecule has 7 heteroatoms. The Labute approximate surface area is 184 Å². The van der Waals surface area contributed by atoms with Crippen molar-refractivity contribution in [3.63, 3.8) is 0 Å². The molecular formula is C25H21FN4O2. The predicted octanol–water partition coefficient (Wildman–Crippen LogP) is 3.71. The van der Waals surface area contributed by atoms with E-state index < -0.39 is 17.6 Å². The number of halogens is 1. The molecule has 3 aromatic carbocycles. The van der Waals surface area contributed by atoms with Gasteiger partial charge >= 0.3 is 0 Å². The number of rotatable bonds is 7. The third kappa shape index (κ3) is 5.07. The largest absolute Gasteiger partial charge is 0.343 e. The van der Waals surface area contributed by atoms with Gasteiger partial charge in [0.25, 0.3) is 11.8 Å². The molecule has 32 heavy (non-hydrogen) atoms. The van der Waals surface area contributed by atoms with Crippen molar-refractivity contribution in [2.24, 2.45) is 5.10 Å². The molecule has 160 valence electrons. The van der Waals surface area contributed by atoms with Gasteiger partial charge in [0.1, 0.15) is 5.82 Å². The summed E-state index contributed by atoms with van der Waals surface area (Å²) < 4.78 is 15.3. The van der Waals surface area contributed by atoms with E-state index in [1.54, 1.807) is 6.21 Å². The Balaban J connectivity index is 1.39. The number of aromatic nitrogens is 1. The Morgan fingerprint density at radius 1 is 0.969 bits per heavy atom. The van der Waals surface area contributed by atoms with Gasteiger partial charge in [-0.1, -0.05) is 54.6 Å². The van der Waals surface area contributed by atoms with Crippen molar-refractivity contribution >= 4 is 28.9 Å². The van der Waals surface area contributed by atoms with Crippen molar-refractivity contribution in [1.29, 1.82) is 0 Å². The first kappa shape index (κ1) is 21.0. The molecule has 6 nitrogen and oxygen atoms in total. The number of amides is 2. The Morgan fingerprint density at radius 2 is 1.75 bits per heavy atom. The highest BCUT2D eigenvalue weighted by molar-refractivity contribution is 6.00. The molecule has 2 amide bonds. The van der Waals surface area contributed by atoms with E-state index in [4.69, 9.17) is 0 Å². The third-order valence-electron chi connectivity index (χ3n) is 4.90. The monoisotopic (exact) mass is 428 g/mol. The van der Waals surface area contributed by atoms with Gasteiger partial charge in [-0.25, -0.2) is 9.82 Å². The summed E-state index contributed by atoms with van der Waals surface area (Å²) in [6.07, 6.45) is 3.56. The van der Waals surface area contributed by atoms with Crippen LogP contribution in [0.15, 0.2) is 90.2 Å². The minimum atomic E-state index is -0.535. The minimum absolute atomic E-state index is 0.146. The van der Waals surface area contributed by atoms with Gasteiger partial charge in [0, 0.05) is 34.8 Å². The maximum atomic E-state index is 13.2. The molecule has 0 fully saturated rings. The lowest BCUT2D eigenvalue weighted by molar-refractivity contribution is -0.120. The summed E-state index contributed by atoms with van der Waals surface area (Å²) in [6, 6.07) is 23.4. The summed E-state index contributed by atoms with van der Waals surface area (Å²) in [5.74, 6) is -1.54. The quantitative estimate of drug-likeness (QED) is 0.348. The molecule has 0 saturated carbocycles. The number of para-hydroxylation sites is 1. The maximum Gasteiger partial charge on any atom is 0.259 e. The lowest BCUT2D eigenvalue weighted by atomic mass is 10.2. The van der Waals surface area contributed by atoms with Crippen LogP contribution in [0.5, 0.6) is 0 Å². The molecule has 0 spiro atoms. The average molecular weight is 428 g/mol. The van der Waals surface area contributed by atoms with Gasteiger partial charge in [-0.2, -0.15) is 5.10 Å². The van der Waals surface area contributed by atoms with Crippen molar-refractivity contribution in [2.75, 3.05) is 6.54 Å². The van der Waals surface area contributed by atoms with Crippen LogP contribution in [0.25, 0.3) is 10.9 Å². The van der Waals surface area contributed by atoms with Gasteiger partial charge in [0.15, 0.2) is 0 Å². The molecule has 1 heterocycles. The van der Waals surface area contributed by atoms with Gasteiger partial charge in [-0.15, -0.1) is 0 Å². The summed E-state index contributed by atoms with van der Waals surface area (Å²) in [6.45, 7) is 0.441. The van der Waals surface area contributed by atoms with E-state index in [9.17, 15) is 14.0 Å². The van der Waals surface area contributed by atoms with Crippen molar-refractivity contribution in [2.45, 2.75) is 6.54 Å². The van der Waals surface area contributed by atoms with Crippen LogP contribution in [-0.4, -0.2) is 29.1 Å². The Hall–Kier alpha value is -4.26. The van der Waals surface area contributed by atoms with Crippen LogP contribution in [0.1, 0.15) is 21.5 Å². The van der Waals surface area contributed by atoms with Crippen LogP contribution in [0.3, 0.4) is 0 Å². The molecule has 0 unspecified atom stereocenters. The molecular weight excluding hydrogens is 407 g/mol. The number of hydrogen-bond acceptors (Lipinski definition) is 3. The predicted molar refractivity (Wildman–Crippen MR) is 122 cm³/mol. The number of carbonyl (C=O) groups excluding carboxylic acids is 2. The number of nitrogens with zero attached hydrogens (tertiary/aromatic N) is 2. The highest BCUT2D eigenvalue weighted by atomic mass is 19.1. The lowest BCUT2D eigenvalue weighted by Gasteiger charge is -2.05. The summed E-state index contributed by atoms with van der Waals surface area (Å²) in [5, 5.41) is 7.48. The lowest BCUT2D eigenvalue weighted by Crippen LogP contribution is -2.34. The van der Waals surface area contributed by atoms with Crippen LogP contribution in [-0.2, 0) is 11.3 Å². The Kier molecular flexibility index (Phi) is 6.36. The summed E-state index contributed by atoms with van der Waals surface area (Å²) in [4.78, 5) is 24.0. The molecule has 0 aliphatic heterocycles. The van der Waals surface area contributed by atoms with Gasteiger partial charge in [0.2, 0.25) is 0 Å². The molecule has 0 radical (unpaired) electrons. The third-order valence-corrected chi connectivity index (χ3v) is 4.90. The van der Waals surface area contributed by atoms with E-state index >= 15 is 0 Å². The second kappa shape index (κ2) is 9.70. The van der Waals surface area contributed by atoms with Crippen LogP contribution in [0, 0.1) is 5.82 Å². The summed E-state index contributed by atoms with van der Waals surface area (Å²) in [5.41, 5.74) is 5.65. The first-order valence-electron chi connectivity index (χ1n) is 10.1. The van der Waals surface area contributed by atoms with E-state index in [0.29, 0.717) is 6.54 Å². The highest BCUT2D eigenvalue weighted by Crippen LogP contribution is 2.21. The second-order valence-corrected chi connectivity index (χ2v) is 7.20. The molecule has 2 N–H and O–H groups in total. The molecule has 4 rings (SSSR count). The maximum absolute atomic E-state index is 13.2. The van der Waals surface area contributed by atoms with Crippen LogP contribution in [0.2, 0.25) is 0 Å². The van der Waals surface area contributed by atoms with Crippen molar-refractivity contribution in [3.8, 4) is 0 Å². The Morgan fingerprint density at radius 3 is 2.56 bits per heavy atom. The van der Waals surface area contributed by atoms with Crippen LogP contribution >= 0.6 is 0 Å². The fraction of sp³-hybridized carbons (Fsp3) is 0.0800.